The van der Waals surface area contributed by atoms with Crippen LogP contribution in [-0.2, 0) is 4.74 Å². The van der Waals surface area contributed by atoms with Gasteiger partial charge in [-0.25, -0.2) is 9.18 Å². The minimum atomic E-state index is -0.531. The van der Waals surface area contributed by atoms with Crippen molar-refractivity contribution < 1.29 is 13.9 Å². The van der Waals surface area contributed by atoms with Gasteiger partial charge in [0, 0.05) is 25.9 Å². The van der Waals surface area contributed by atoms with Crippen LogP contribution in [-0.4, -0.2) is 41.7 Å². The van der Waals surface area contributed by atoms with Crippen LogP contribution in [0.3, 0.4) is 0 Å². The number of anilines is 1. The highest BCUT2D eigenvalue weighted by Gasteiger charge is 2.21. The Morgan fingerprint density at radius 2 is 2.43 bits per heavy atom. The number of carbonyl (C=O) groups is 1. The number of rotatable bonds is 5. The maximum Gasteiger partial charge on any atom is 0.322 e. The normalized spacial score (nSPS) is 18.3. The Morgan fingerprint density at radius 1 is 1.57 bits per heavy atom. The molecule has 1 fully saturated rings. The molecule has 1 saturated heterocycles. The largest absolute Gasteiger partial charge is 0.376 e. The topological polar surface area (TPSA) is 54.5 Å². The standard InChI is InChI=1S/C15H22FN3O2/c1-2-8-19(11-12-5-3-4-9-21-12)15(20)18-14-6-7-17-10-13(14)16/h6-7,10,12H,2-5,8-9,11H2,1H3,(H,17,18,20)/t12-/m0/s1. The molecule has 1 aliphatic rings. The monoisotopic (exact) mass is 295 g/mol. The van der Waals surface area contributed by atoms with Crippen molar-refractivity contribution in [2.45, 2.75) is 38.7 Å². The van der Waals surface area contributed by atoms with Gasteiger partial charge < -0.3 is 15.0 Å². The van der Waals surface area contributed by atoms with E-state index in [0.717, 1.165) is 38.5 Å². The van der Waals surface area contributed by atoms with Crippen molar-refractivity contribution in [3.05, 3.63) is 24.3 Å². The van der Waals surface area contributed by atoms with Gasteiger partial charge in [-0.1, -0.05) is 6.92 Å². The predicted octanol–water partition coefficient (Wildman–Crippen LogP) is 3.03. The van der Waals surface area contributed by atoms with E-state index in [1.54, 1.807) is 4.90 Å². The molecule has 1 N–H and O–H groups in total. The van der Waals surface area contributed by atoms with Crippen LogP contribution in [0.15, 0.2) is 18.5 Å². The lowest BCUT2D eigenvalue weighted by Crippen LogP contribution is -2.42. The molecule has 0 aliphatic carbocycles. The first kappa shape index (κ1) is 15.7. The molecule has 0 spiro atoms. The third-order valence-electron chi connectivity index (χ3n) is 3.49. The predicted molar refractivity (Wildman–Crippen MR) is 78.7 cm³/mol. The fourth-order valence-electron chi connectivity index (χ4n) is 2.41. The van der Waals surface area contributed by atoms with Crippen LogP contribution in [0.25, 0.3) is 0 Å². The number of carbonyl (C=O) groups excluding carboxylic acids is 1. The first-order chi connectivity index (χ1) is 10.2. The number of halogens is 1. The molecule has 1 aromatic rings. The highest BCUT2D eigenvalue weighted by molar-refractivity contribution is 5.89. The van der Waals surface area contributed by atoms with Gasteiger partial charge in [0.25, 0.3) is 0 Å². The Bertz CT molecular complexity index is 464. The molecule has 2 amide bonds. The molecule has 1 aromatic heterocycles. The summed E-state index contributed by atoms with van der Waals surface area (Å²) in [6.07, 6.45) is 6.65. The van der Waals surface area contributed by atoms with E-state index >= 15 is 0 Å². The van der Waals surface area contributed by atoms with Crippen LogP contribution < -0.4 is 5.32 Å². The summed E-state index contributed by atoms with van der Waals surface area (Å²) < 4.78 is 19.2. The van der Waals surface area contributed by atoms with E-state index in [0.29, 0.717) is 13.1 Å². The third kappa shape index (κ3) is 4.67. The molecule has 0 radical (unpaired) electrons. The van der Waals surface area contributed by atoms with Crippen molar-refractivity contribution in [1.29, 1.82) is 0 Å². The zero-order valence-corrected chi connectivity index (χ0v) is 12.3. The second kappa shape index (κ2) is 7.93. The van der Waals surface area contributed by atoms with E-state index < -0.39 is 5.82 Å². The van der Waals surface area contributed by atoms with E-state index in [1.807, 2.05) is 6.92 Å². The van der Waals surface area contributed by atoms with Crippen LogP contribution in [0, 0.1) is 5.82 Å². The van der Waals surface area contributed by atoms with Crippen LogP contribution in [0.2, 0.25) is 0 Å². The molecule has 1 aliphatic heterocycles. The van der Waals surface area contributed by atoms with E-state index in [-0.39, 0.29) is 17.8 Å². The molecule has 6 heteroatoms. The van der Waals surface area contributed by atoms with Crippen LogP contribution in [0.5, 0.6) is 0 Å². The summed E-state index contributed by atoms with van der Waals surface area (Å²) in [5.41, 5.74) is 0.153. The molecule has 0 aromatic carbocycles. The summed E-state index contributed by atoms with van der Waals surface area (Å²) in [4.78, 5) is 17.7. The van der Waals surface area contributed by atoms with Gasteiger partial charge in [0.15, 0.2) is 5.82 Å². The Hall–Kier alpha value is -1.69. The molecule has 21 heavy (non-hydrogen) atoms. The van der Waals surface area contributed by atoms with Gasteiger partial charge >= 0.3 is 6.03 Å². The Morgan fingerprint density at radius 3 is 3.10 bits per heavy atom. The first-order valence-corrected chi connectivity index (χ1v) is 7.47. The summed E-state index contributed by atoms with van der Waals surface area (Å²) in [5, 5.41) is 2.60. The zero-order valence-electron chi connectivity index (χ0n) is 12.3. The van der Waals surface area contributed by atoms with Crippen molar-refractivity contribution in [1.82, 2.24) is 9.88 Å². The lowest BCUT2D eigenvalue weighted by molar-refractivity contribution is 0.00161. The first-order valence-electron chi connectivity index (χ1n) is 7.47. The van der Waals surface area contributed by atoms with Gasteiger partial charge in [-0.05, 0) is 31.7 Å². The number of pyridine rings is 1. The Balaban J connectivity index is 1.96. The number of ether oxygens (including phenoxy) is 1. The van der Waals surface area contributed by atoms with Gasteiger partial charge in [0.2, 0.25) is 0 Å². The van der Waals surface area contributed by atoms with Gasteiger partial charge in [0.1, 0.15) is 0 Å². The SMILES string of the molecule is CCCN(C[C@@H]1CCCCO1)C(=O)Nc1ccncc1F. The summed E-state index contributed by atoms with van der Waals surface area (Å²) in [6.45, 7) is 3.94. The van der Waals surface area contributed by atoms with Crippen LogP contribution in [0.1, 0.15) is 32.6 Å². The van der Waals surface area contributed by atoms with Crippen molar-refractivity contribution in [3.8, 4) is 0 Å². The molecular weight excluding hydrogens is 273 g/mol. The second-order valence-electron chi connectivity index (χ2n) is 5.22. The van der Waals surface area contributed by atoms with Gasteiger partial charge in [0.05, 0.1) is 18.0 Å². The maximum atomic E-state index is 13.5. The van der Waals surface area contributed by atoms with E-state index in [4.69, 9.17) is 4.74 Å². The molecular formula is C15H22FN3O2. The van der Waals surface area contributed by atoms with Crippen molar-refractivity contribution in [3.63, 3.8) is 0 Å². The third-order valence-corrected chi connectivity index (χ3v) is 3.49. The van der Waals surface area contributed by atoms with Crippen LogP contribution in [0.4, 0.5) is 14.9 Å². The fourth-order valence-corrected chi connectivity index (χ4v) is 2.41. The van der Waals surface area contributed by atoms with Crippen molar-refractivity contribution >= 4 is 11.7 Å². The number of aromatic nitrogens is 1. The zero-order chi connectivity index (χ0) is 15.1. The second-order valence-corrected chi connectivity index (χ2v) is 5.22. The molecule has 116 valence electrons. The minimum absolute atomic E-state index is 0.0818. The quantitative estimate of drug-likeness (QED) is 0.908. The Labute approximate surface area is 124 Å². The van der Waals surface area contributed by atoms with Crippen LogP contribution >= 0.6 is 0 Å². The minimum Gasteiger partial charge on any atom is -0.376 e. The summed E-state index contributed by atoms with van der Waals surface area (Å²) in [5.74, 6) is -0.531. The molecule has 5 nitrogen and oxygen atoms in total. The van der Waals surface area contributed by atoms with E-state index in [9.17, 15) is 9.18 Å². The fraction of sp³-hybridized carbons (Fsp3) is 0.600. The average Bonchev–Trinajstić information content (AvgIpc) is 2.50. The molecule has 0 saturated carbocycles. The highest BCUT2D eigenvalue weighted by atomic mass is 19.1. The van der Waals surface area contributed by atoms with Gasteiger partial charge in [-0.3, -0.25) is 4.98 Å². The summed E-state index contributed by atoms with van der Waals surface area (Å²) >= 11 is 0. The number of urea groups is 1. The van der Waals surface area contributed by atoms with Crippen molar-refractivity contribution in [2.75, 3.05) is 25.0 Å². The van der Waals surface area contributed by atoms with Crippen molar-refractivity contribution in [2.24, 2.45) is 0 Å². The number of hydrogen-bond donors (Lipinski definition) is 1. The van der Waals surface area contributed by atoms with Gasteiger partial charge in [-0.2, -0.15) is 0 Å². The molecule has 0 unspecified atom stereocenters. The highest BCUT2D eigenvalue weighted by Crippen LogP contribution is 2.16. The lowest BCUT2D eigenvalue weighted by Gasteiger charge is -2.30. The van der Waals surface area contributed by atoms with Gasteiger partial charge in [-0.15, -0.1) is 0 Å². The number of nitrogens with one attached hydrogen (secondary N) is 1. The van der Waals surface area contributed by atoms with E-state index in [2.05, 4.69) is 10.3 Å². The molecule has 1 atom stereocenters. The summed E-state index contributed by atoms with van der Waals surface area (Å²) in [6, 6.07) is 1.16. The number of nitrogens with zero attached hydrogens (tertiary/aromatic N) is 2. The molecule has 0 bridgehead atoms. The lowest BCUT2D eigenvalue weighted by atomic mass is 10.1. The average molecular weight is 295 g/mol. The molecule has 2 rings (SSSR count). The number of hydrogen-bond acceptors (Lipinski definition) is 3. The summed E-state index contributed by atoms with van der Waals surface area (Å²) in [7, 11) is 0. The van der Waals surface area contributed by atoms with E-state index in [1.165, 1.54) is 12.3 Å². The number of amides is 2. The molecule has 2 heterocycles. The smallest absolute Gasteiger partial charge is 0.322 e. The maximum absolute atomic E-state index is 13.5. The Kier molecular flexibility index (Phi) is 5.92.